The van der Waals surface area contributed by atoms with Crippen molar-refractivity contribution in [2.45, 2.75) is 25.7 Å². The van der Waals surface area contributed by atoms with Crippen LogP contribution in [-0.4, -0.2) is 23.9 Å². The van der Waals surface area contributed by atoms with Crippen molar-refractivity contribution in [1.82, 2.24) is 4.98 Å². The number of carbonyl (C=O) groups is 1. The molecule has 1 atom stereocenters. The lowest BCUT2D eigenvalue weighted by Crippen LogP contribution is -2.35. The standard InChI is InChI=1S/C17H17N3OS/c1-12(21)13-4-5-14(10-18)16(9-13)20-7-2-3-15(11-20)17-19-6-8-22-17/h4-6,8-9,15H,2-3,7,11H2,1H3. The largest absolute Gasteiger partial charge is 0.370 e. The van der Waals surface area contributed by atoms with E-state index >= 15 is 0 Å². The van der Waals surface area contributed by atoms with Crippen molar-refractivity contribution in [3.63, 3.8) is 0 Å². The molecular weight excluding hydrogens is 294 g/mol. The number of aromatic nitrogens is 1. The molecule has 1 unspecified atom stereocenters. The van der Waals surface area contributed by atoms with E-state index in [-0.39, 0.29) is 5.78 Å². The van der Waals surface area contributed by atoms with Crippen LogP contribution in [0, 0.1) is 11.3 Å². The molecular formula is C17H17N3OS. The van der Waals surface area contributed by atoms with Crippen molar-refractivity contribution in [3.8, 4) is 6.07 Å². The van der Waals surface area contributed by atoms with Gasteiger partial charge in [-0.1, -0.05) is 0 Å². The fraction of sp³-hybridized carbons (Fsp3) is 0.353. The number of anilines is 1. The van der Waals surface area contributed by atoms with Crippen LogP contribution in [0.1, 0.15) is 46.6 Å². The van der Waals surface area contributed by atoms with Crippen molar-refractivity contribution in [3.05, 3.63) is 45.9 Å². The van der Waals surface area contributed by atoms with Crippen molar-refractivity contribution < 1.29 is 4.79 Å². The third-order valence-electron chi connectivity index (χ3n) is 4.09. The maximum absolute atomic E-state index is 11.6. The first-order chi connectivity index (χ1) is 10.7. The van der Waals surface area contributed by atoms with Gasteiger partial charge in [0.2, 0.25) is 0 Å². The van der Waals surface area contributed by atoms with Gasteiger partial charge >= 0.3 is 0 Å². The number of thiazole rings is 1. The van der Waals surface area contributed by atoms with Gasteiger partial charge in [-0.3, -0.25) is 4.79 Å². The average molecular weight is 311 g/mol. The maximum atomic E-state index is 11.6. The highest BCUT2D eigenvalue weighted by Crippen LogP contribution is 2.32. The van der Waals surface area contributed by atoms with E-state index in [9.17, 15) is 10.1 Å². The third-order valence-corrected chi connectivity index (χ3v) is 5.03. The molecule has 1 saturated heterocycles. The van der Waals surface area contributed by atoms with E-state index in [1.165, 1.54) is 0 Å². The molecule has 1 aliphatic rings. The van der Waals surface area contributed by atoms with Gasteiger partial charge in [-0.25, -0.2) is 4.98 Å². The van der Waals surface area contributed by atoms with Gasteiger partial charge in [-0.2, -0.15) is 5.26 Å². The van der Waals surface area contributed by atoms with Gasteiger partial charge in [0, 0.05) is 36.1 Å². The first-order valence-electron chi connectivity index (χ1n) is 7.38. The molecule has 0 bridgehead atoms. The monoisotopic (exact) mass is 311 g/mol. The molecule has 0 amide bonds. The lowest BCUT2D eigenvalue weighted by Gasteiger charge is -2.34. The fourth-order valence-corrected chi connectivity index (χ4v) is 3.71. The molecule has 0 N–H and O–H groups in total. The smallest absolute Gasteiger partial charge is 0.159 e. The minimum Gasteiger partial charge on any atom is -0.370 e. The van der Waals surface area contributed by atoms with Gasteiger partial charge in [0.15, 0.2) is 5.78 Å². The van der Waals surface area contributed by atoms with Gasteiger partial charge in [-0.05, 0) is 38.0 Å². The molecule has 1 aromatic carbocycles. The predicted octanol–water partition coefficient (Wildman–Crippen LogP) is 3.60. The Morgan fingerprint density at radius 1 is 1.50 bits per heavy atom. The van der Waals surface area contributed by atoms with Crippen molar-refractivity contribution >= 4 is 22.8 Å². The van der Waals surface area contributed by atoms with Gasteiger partial charge in [-0.15, -0.1) is 11.3 Å². The van der Waals surface area contributed by atoms with E-state index in [1.54, 1.807) is 30.4 Å². The Hall–Kier alpha value is -2.19. The molecule has 4 nitrogen and oxygen atoms in total. The molecule has 1 aliphatic heterocycles. The van der Waals surface area contributed by atoms with Crippen molar-refractivity contribution in [2.24, 2.45) is 0 Å². The second-order valence-electron chi connectivity index (χ2n) is 5.56. The number of nitrogens with zero attached hydrogens (tertiary/aromatic N) is 3. The van der Waals surface area contributed by atoms with Gasteiger partial charge in [0.1, 0.15) is 6.07 Å². The molecule has 2 aromatic rings. The molecule has 0 radical (unpaired) electrons. The Bertz CT molecular complexity index is 718. The molecule has 112 valence electrons. The van der Waals surface area contributed by atoms with Gasteiger partial charge in [0.25, 0.3) is 0 Å². The SMILES string of the molecule is CC(=O)c1ccc(C#N)c(N2CCCC(c3nccs3)C2)c1. The number of carbonyl (C=O) groups excluding carboxylic acids is 1. The Morgan fingerprint density at radius 3 is 3.05 bits per heavy atom. The molecule has 5 heteroatoms. The normalized spacial score (nSPS) is 18.0. The van der Waals surface area contributed by atoms with E-state index in [0.717, 1.165) is 36.6 Å². The molecule has 22 heavy (non-hydrogen) atoms. The van der Waals surface area contributed by atoms with Crippen LogP contribution in [0.5, 0.6) is 0 Å². The van der Waals surface area contributed by atoms with E-state index in [4.69, 9.17) is 0 Å². The molecule has 2 heterocycles. The number of ketones is 1. The van der Waals surface area contributed by atoms with Crippen LogP contribution in [0.3, 0.4) is 0 Å². The number of benzene rings is 1. The van der Waals surface area contributed by atoms with Crippen LogP contribution in [0.4, 0.5) is 5.69 Å². The molecule has 0 saturated carbocycles. The number of hydrogen-bond donors (Lipinski definition) is 0. The molecule has 0 spiro atoms. The summed E-state index contributed by atoms with van der Waals surface area (Å²) in [7, 11) is 0. The minimum atomic E-state index is 0.0271. The number of hydrogen-bond acceptors (Lipinski definition) is 5. The highest BCUT2D eigenvalue weighted by molar-refractivity contribution is 7.09. The summed E-state index contributed by atoms with van der Waals surface area (Å²) in [6, 6.07) is 7.57. The number of piperidine rings is 1. The Morgan fingerprint density at radius 2 is 2.36 bits per heavy atom. The van der Waals surface area contributed by atoms with Crippen molar-refractivity contribution in [2.75, 3.05) is 18.0 Å². The predicted molar refractivity (Wildman–Crippen MR) is 87.5 cm³/mol. The van der Waals surface area contributed by atoms with Crippen LogP contribution in [0.2, 0.25) is 0 Å². The van der Waals surface area contributed by atoms with Crippen LogP contribution >= 0.6 is 11.3 Å². The highest BCUT2D eigenvalue weighted by Gasteiger charge is 2.25. The zero-order valence-electron chi connectivity index (χ0n) is 12.5. The summed E-state index contributed by atoms with van der Waals surface area (Å²) in [5.41, 5.74) is 2.16. The summed E-state index contributed by atoms with van der Waals surface area (Å²) in [6.07, 6.45) is 4.04. The molecule has 1 fully saturated rings. The Balaban J connectivity index is 1.91. The summed E-state index contributed by atoms with van der Waals surface area (Å²) in [5.74, 6) is 0.431. The van der Waals surface area contributed by atoms with Crippen LogP contribution in [0.25, 0.3) is 0 Å². The summed E-state index contributed by atoms with van der Waals surface area (Å²) < 4.78 is 0. The van der Waals surface area contributed by atoms with Gasteiger partial charge < -0.3 is 4.90 Å². The van der Waals surface area contributed by atoms with E-state index in [2.05, 4.69) is 16.0 Å². The number of nitriles is 1. The average Bonchev–Trinajstić information content (AvgIpc) is 3.09. The zero-order chi connectivity index (χ0) is 15.5. The van der Waals surface area contributed by atoms with Crippen molar-refractivity contribution in [1.29, 1.82) is 5.26 Å². The molecule has 0 aliphatic carbocycles. The molecule has 3 rings (SSSR count). The quantitative estimate of drug-likeness (QED) is 0.813. The number of rotatable bonds is 3. The third kappa shape index (κ3) is 2.88. The summed E-state index contributed by atoms with van der Waals surface area (Å²) >= 11 is 1.69. The first kappa shape index (κ1) is 14.7. The second-order valence-corrected chi connectivity index (χ2v) is 6.48. The van der Waals surface area contributed by atoms with E-state index in [0.29, 0.717) is 17.0 Å². The first-order valence-corrected chi connectivity index (χ1v) is 8.26. The molecule has 1 aromatic heterocycles. The van der Waals surface area contributed by atoms with E-state index < -0.39 is 0 Å². The Labute approximate surface area is 134 Å². The fourth-order valence-electron chi connectivity index (χ4n) is 2.94. The second kappa shape index (κ2) is 6.29. The van der Waals surface area contributed by atoms with E-state index in [1.807, 2.05) is 17.6 Å². The number of Topliss-reactive ketones (excluding diaryl/α,β-unsaturated/α-hetero) is 1. The summed E-state index contributed by atoms with van der Waals surface area (Å²) in [6.45, 7) is 3.32. The highest BCUT2D eigenvalue weighted by atomic mass is 32.1. The zero-order valence-corrected chi connectivity index (χ0v) is 13.3. The maximum Gasteiger partial charge on any atom is 0.159 e. The summed E-state index contributed by atoms with van der Waals surface area (Å²) in [4.78, 5) is 18.3. The van der Waals surface area contributed by atoms with Crippen LogP contribution in [0.15, 0.2) is 29.8 Å². The van der Waals surface area contributed by atoms with Gasteiger partial charge in [0.05, 0.1) is 16.3 Å². The topological polar surface area (TPSA) is 57.0 Å². The van der Waals surface area contributed by atoms with Crippen LogP contribution < -0.4 is 4.90 Å². The Kier molecular flexibility index (Phi) is 4.21. The lowest BCUT2D eigenvalue weighted by molar-refractivity contribution is 0.101. The summed E-state index contributed by atoms with van der Waals surface area (Å²) in [5, 5.41) is 12.5. The van der Waals surface area contributed by atoms with Crippen LogP contribution in [-0.2, 0) is 0 Å². The lowest BCUT2D eigenvalue weighted by atomic mass is 9.96. The minimum absolute atomic E-state index is 0.0271.